The molecule has 0 spiro atoms. The van der Waals surface area contributed by atoms with E-state index < -0.39 is 9.84 Å². The van der Waals surface area contributed by atoms with Crippen LogP contribution >= 0.6 is 11.8 Å². The average molecular weight is 445 g/mol. The number of sulfone groups is 1. The second kappa shape index (κ2) is 7.31. The molecule has 9 heteroatoms. The molecule has 2 aromatic rings. The summed E-state index contributed by atoms with van der Waals surface area (Å²) in [7, 11) is -3.12. The van der Waals surface area contributed by atoms with Gasteiger partial charge in [0.2, 0.25) is 6.79 Å². The van der Waals surface area contributed by atoms with E-state index in [0.717, 1.165) is 16.8 Å². The number of thioether (sulfide) groups is 1. The molecule has 0 saturated carbocycles. The van der Waals surface area contributed by atoms with Crippen LogP contribution < -0.4 is 14.4 Å². The van der Waals surface area contributed by atoms with Gasteiger partial charge in [-0.15, -0.1) is 0 Å². The third-order valence-corrected chi connectivity index (χ3v) is 8.57. The van der Waals surface area contributed by atoms with Crippen LogP contribution in [-0.2, 0) is 21.1 Å². The third kappa shape index (κ3) is 3.67. The number of benzene rings is 2. The van der Waals surface area contributed by atoms with Crippen molar-refractivity contribution in [3.63, 3.8) is 0 Å². The molecule has 2 saturated heterocycles. The van der Waals surface area contributed by atoms with Crippen LogP contribution in [0.5, 0.6) is 11.5 Å². The Labute approximate surface area is 179 Å². The standard InChI is InChI=1S/C21H20N2O5S2/c1-13-3-2-4-14(7-13)8-20(24)22-21-23(16-10-30(25,26)11-19(16)29-21)15-5-6-17-18(9-15)28-12-27-17/h2-7,9,16,19H,8,10-12H2,1H3/t16-,19+/m1/s1. The molecule has 2 atom stereocenters. The normalized spacial score (nSPS) is 25.0. The number of carbonyl (C=O) groups excluding carboxylic acids is 1. The minimum atomic E-state index is -3.12. The maximum Gasteiger partial charge on any atom is 0.252 e. The fourth-order valence-electron chi connectivity index (χ4n) is 4.04. The molecule has 7 nitrogen and oxygen atoms in total. The summed E-state index contributed by atoms with van der Waals surface area (Å²) in [6, 6.07) is 13.0. The molecular weight excluding hydrogens is 424 g/mol. The third-order valence-electron chi connectivity index (χ3n) is 5.36. The summed E-state index contributed by atoms with van der Waals surface area (Å²) in [5, 5.41) is 0.391. The van der Waals surface area contributed by atoms with Crippen LogP contribution in [-0.4, -0.2) is 49.1 Å². The van der Waals surface area contributed by atoms with Crippen LogP contribution in [0.4, 0.5) is 5.69 Å². The lowest BCUT2D eigenvalue weighted by Gasteiger charge is -2.24. The molecule has 156 valence electrons. The minimum Gasteiger partial charge on any atom is -0.454 e. The fourth-order valence-corrected chi connectivity index (χ4v) is 7.98. The topological polar surface area (TPSA) is 85.3 Å². The number of nitrogens with zero attached hydrogens (tertiary/aromatic N) is 2. The number of ether oxygens (including phenoxy) is 2. The van der Waals surface area contributed by atoms with Crippen LogP contribution in [0.3, 0.4) is 0 Å². The van der Waals surface area contributed by atoms with E-state index in [-0.39, 0.29) is 41.9 Å². The van der Waals surface area contributed by atoms with Crippen molar-refractivity contribution in [1.82, 2.24) is 0 Å². The molecule has 3 aliphatic rings. The van der Waals surface area contributed by atoms with Gasteiger partial charge in [0.05, 0.1) is 24.0 Å². The average Bonchev–Trinajstić information content (AvgIpc) is 3.32. The first-order valence-corrected chi connectivity index (χ1v) is 12.3. The zero-order valence-corrected chi connectivity index (χ0v) is 17.9. The summed E-state index contributed by atoms with van der Waals surface area (Å²) < 4.78 is 35.3. The number of hydrogen-bond acceptors (Lipinski definition) is 6. The van der Waals surface area contributed by atoms with Gasteiger partial charge in [-0.2, -0.15) is 4.99 Å². The van der Waals surface area contributed by atoms with Crippen molar-refractivity contribution in [2.75, 3.05) is 23.2 Å². The van der Waals surface area contributed by atoms with Crippen molar-refractivity contribution >= 4 is 38.4 Å². The molecule has 2 fully saturated rings. The quantitative estimate of drug-likeness (QED) is 0.719. The lowest BCUT2D eigenvalue weighted by Crippen LogP contribution is -2.37. The van der Waals surface area contributed by atoms with Gasteiger partial charge in [-0.3, -0.25) is 4.79 Å². The largest absolute Gasteiger partial charge is 0.454 e. The van der Waals surface area contributed by atoms with Gasteiger partial charge < -0.3 is 14.4 Å². The Balaban J connectivity index is 1.47. The van der Waals surface area contributed by atoms with Crippen molar-refractivity contribution in [1.29, 1.82) is 0 Å². The molecule has 0 bridgehead atoms. The molecule has 0 unspecified atom stereocenters. The van der Waals surface area contributed by atoms with Crippen molar-refractivity contribution in [2.45, 2.75) is 24.6 Å². The van der Waals surface area contributed by atoms with E-state index in [1.54, 1.807) is 6.07 Å². The highest BCUT2D eigenvalue weighted by Crippen LogP contribution is 2.43. The highest BCUT2D eigenvalue weighted by Gasteiger charge is 2.49. The number of carbonyl (C=O) groups is 1. The van der Waals surface area contributed by atoms with Crippen molar-refractivity contribution in [3.05, 3.63) is 53.6 Å². The van der Waals surface area contributed by atoms with Crippen LogP contribution in [0, 0.1) is 6.92 Å². The van der Waals surface area contributed by atoms with Crippen LogP contribution in [0.1, 0.15) is 11.1 Å². The predicted octanol–water partition coefficient (Wildman–Crippen LogP) is 2.57. The van der Waals surface area contributed by atoms with Gasteiger partial charge in [0.1, 0.15) is 0 Å². The smallest absolute Gasteiger partial charge is 0.252 e. The van der Waals surface area contributed by atoms with Gasteiger partial charge in [-0.05, 0) is 24.6 Å². The highest BCUT2D eigenvalue weighted by atomic mass is 32.2. The van der Waals surface area contributed by atoms with Gasteiger partial charge in [-0.25, -0.2) is 8.42 Å². The van der Waals surface area contributed by atoms with Gasteiger partial charge in [0, 0.05) is 17.0 Å². The van der Waals surface area contributed by atoms with Gasteiger partial charge >= 0.3 is 0 Å². The first-order chi connectivity index (χ1) is 14.4. The van der Waals surface area contributed by atoms with Crippen molar-refractivity contribution in [3.8, 4) is 11.5 Å². The first kappa shape index (κ1) is 19.4. The van der Waals surface area contributed by atoms with E-state index in [0.29, 0.717) is 16.7 Å². The number of fused-ring (bicyclic) bond motifs is 2. The summed E-state index contributed by atoms with van der Waals surface area (Å²) in [5.41, 5.74) is 2.74. The Morgan fingerprint density at radius 3 is 2.83 bits per heavy atom. The van der Waals surface area contributed by atoms with E-state index in [1.807, 2.05) is 48.2 Å². The predicted molar refractivity (Wildman–Crippen MR) is 116 cm³/mol. The lowest BCUT2D eigenvalue weighted by atomic mass is 10.1. The number of rotatable bonds is 3. The van der Waals surface area contributed by atoms with E-state index in [9.17, 15) is 13.2 Å². The van der Waals surface area contributed by atoms with Crippen molar-refractivity contribution in [2.24, 2.45) is 4.99 Å². The molecule has 0 aliphatic carbocycles. The molecule has 30 heavy (non-hydrogen) atoms. The van der Waals surface area contributed by atoms with Gasteiger partial charge in [0.15, 0.2) is 26.5 Å². The van der Waals surface area contributed by atoms with Gasteiger partial charge in [-0.1, -0.05) is 41.6 Å². The van der Waals surface area contributed by atoms with Crippen molar-refractivity contribution < 1.29 is 22.7 Å². The Hall–Kier alpha value is -2.52. The Morgan fingerprint density at radius 2 is 2.00 bits per heavy atom. The van der Waals surface area contributed by atoms with E-state index in [2.05, 4.69) is 4.99 Å². The molecule has 0 aromatic heterocycles. The SMILES string of the molecule is Cc1cccc(CC(=O)N=C2S[C@H]3CS(=O)(=O)C[C@H]3N2c2ccc3c(c2)OCO3)c1. The summed E-state index contributed by atoms with van der Waals surface area (Å²) in [5.74, 6) is 1.14. The van der Waals surface area contributed by atoms with E-state index in [4.69, 9.17) is 9.47 Å². The number of aliphatic imine (C=N–C) groups is 1. The molecule has 0 radical (unpaired) electrons. The van der Waals surface area contributed by atoms with Gasteiger partial charge in [0.25, 0.3) is 5.91 Å². The lowest BCUT2D eigenvalue weighted by molar-refractivity contribution is -0.117. The second-order valence-corrected chi connectivity index (χ2v) is 11.0. The Bertz CT molecular complexity index is 1160. The fraction of sp³-hybridized carbons (Fsp3) is 0.333. The number of aryl methyl sites for hydroxylation is 1. The minimum absolute atomic E-state index is 0.0458. The number of anilines is 1. The first-order valence-electron chi connectivity index (χ1n) is 9.61. The molecule has 5 rings (SSSR count). The number of hydrogen-bond donors (Lipinski definition) is 0. The zero-order chi connectivity index (χ0) is 20.9. The molecule has 3 heterocycles. The summed E-state index contributed by atoms with van der Waals surface area (Å²) in [6.45, 7) is 2.14. The number of amides is 1. The van der Waals surface area contributed by atoms with E-state index >= 15 is 0 Å². The van der Waals surface area contributed by atoms with E-state index in [1.165, 1.54) is 11.8 Å². The monoisotopic (exact) mass is 444 g/mol. The molecule has 1 amide bonds. The summed E-state index contributed by atoms with van der Waals surface area (Å²) in [6.07, 6.45) is 0.203. The maximum absolute atomic E-state index is 12.7. The van der Waals surface area contributed by atoms with Crippen LogP contribution in [0.2, 0.25) is 0 Å². The molecule has 2 aromatic carbocycles. The highest BCUT2D eigenvalue weighted by molar-refractivity contribution is 8.16. The zero-order valence-electron chi connectivity index (χ0n) is 16.3. The second-order valence-electron chi connectivity index (χ2n) is 7.66. The summed E-state index contributed by atoms with van der Waals surface area (Å²) in [4.78, 5) is 19.0. The summed E-state index contributed by atoms with van der Waals surface area (Å²) >= 11 is 1.37. The maximum atomic E-state index is 12.7. The van der Waals surface area contributed by atoms with Crippen LogP contribution in [0.25, 0.3) is 0 Å². The Kier molecular flexibility index (Phi) is 4.74. The molecule has 3 aliphatic heterocycles. The van der Waals surface area contributed by atoms with Crippen LogP contribution in [0.15, 0.2) is 47.5 Å². The number of amidine groups is 1. The molecular formula is C21H20N2O5S2. The Morgan fingerprint density at radius 1 is 1.17 bits per heavy atom. The molecule has 0 N–H and O–H groups in total.